The van der Waals surface area contributed by atoms with Crippen LogP contribution in [0, 0.1) is 0 Å². The third-order valence-corrected chi connectivity index (χ3v) is 3.27. The zero-order chi connectivity index (χ0) is 13.7. The van der Waals surface area contributed by atoms with Gasteiger partial charge in [0, 0.05) is 5.92 Å². The van der Waals surface area contributed by atoms with Crippen LogP contribution in [0.3, 0.4) is 0 Å². The van der Waals surface area contributed by atoms with Crippen molar-refractivity contribution in [2.75, 3.05) is 0 Å². The van der Waals surface area contributed by atoms with E-state index in [1.54, 1.807) is 0 Å². The van der Waals surface area contributed by atoms with Gasteiger partial charge in [0.05, 0.1) is 12.2 Å². The van der Waals surface area contributed by atoms with Crippen LogP contribution in [0.5, 0.6) is 0 Å². The van der Waals surface area contributed by atoms with E-state index in [1.165, 1.54) is 11.1 Å². The van der Waals surface area contributed by atoms with Crippen LogP contribution in [-0.2, 0) is 4.74 Å². The van der Waals surface area contributed by atoms with Crippen LogP contribution in [0.25, 0.3) is 0 Å². The van der Waals surface area contributed by atoms with Crippen molar-refractivity contribution >= 4 is 0 Å². The maximum absolute atomic E-state index is 6.02. The quantitative estimate of drug-likeness (QED) is 0.755. The first-order chi connectivity index (χ1) is 9.18. The van der Waals surface area contributed by atoms with Crippen molar-refractivity contribution in [3.63, 3.8) is 0 Å². The third-order valence-electron chi connectivity index (χ3n) is 3.27. The van der Waals surface area contributed by atoms with Crippen molar-refractivity contribution in [2.24, 2.45) is 0 Å². The van der Waals surface area contributed by atoms with Gasteiger partial charge in [0.2, 0.25) is 0 Å². The first-order valence-corrected chi connectivity index (χ1v) is 6.94. The van der Waals surface area contributed by atoms with E-state index in [1.807, 2.05) is 0 Å². The van der Waals surface area contributed by atoms with E-state index in [0.717, 1.165) is 0 Å². The summed E-state index contributed by atoms with van der Waals surface area (Å²) in [6, 6.07) is 21.2. The lowest BCUT2D eigenvalue weighted by molar-refractivity contribution is 0.0100. The van der Waals surface area contributed by atoms with Gasteiger partial charge in [0.1, 0.15) is 0 Å². The minimum Gasteiger partial charge on any atom is -0.375 e. The van der Waals surface area contributed by atoms with E-state index in [-0.39, 0.29) is 18.1 Å². The molecule has 100 valence electrons. The van der Waals surface area contributed by atoms with Crippen molar-refractivity contribution in [3.8, 4) is 0 Å². The lowest BCUT2D eigenvalue weighted by atomic mass is 9.87. The molecule has 0 fully saturated rings. The Bertz CT molecular complexity index is 436. The number of benzene rings is 2. The highest BCUT2D eigenvalue weighted by atomic mass is 16.5. The molecule has 0 aliphatic heterocycles. The van der Waals surface area contributed by atoms with Gasteiger partial charge in [0.25, 0.3) is 0 Å². The fraction of sp³-hybridized carbons (Fsp3) is 0.333. The molecule has 19 heavy (non-hydrogen) atoms. The molecule has 0 heterocycles. The molecule has 0 spiro atoms. The van der Waals surface area contributed by atoms with Gasteiger partial charge in [-0.15, -0.1) is 0 Å². The van der Waals surface area contributed by atoms with E-state index in [2.05, 4.69) is 81.4 Å². The van der Waals surface area contributed by atoms with Crippen LogP contribution in [-0.4, -0.2) is 12.2 Å². The van der Waals surface area contributed by atoms with Gasteiger partial charge in [-0.25, -0.2) is 0 Å². The van der Waals surface area contributed by atoms with Crippen molar-refractivity contribution in [3.05, 3.63) is 71.8 Å². The lowest BCUT2D eigenvalue weighted by Gasteiger charge is -2.27. The monoisotopic (exact) mass is 254 g/mol. The molecule has 0 N–H and O–H groups in total. The molecular weight excluding hydrogens is 232 g/mol. The Morgan fingerprint density at radius 1 is 0.684 bits per heavy atom. The molecule has 1 heteroatoms. The fourth-order valence-corrected chi connectivity index (χ4v) is 2.56. The van der Waals surface area contributed by atoms with Crippen LogP contribution < -0.4 is 0 Å². The zero-order valence-electron chi connectivity index (χ0n) is 11.9. The van der Waals surface area contributed by atoms with E-state index >= 15 is 0 Å². The second-order valence-electron chi connectivity index (χ2n) is 5.19. The van der Waals surface area contributed by atoms with Crippen molar-refractivity contribution in [1.82, 2.24) is 0 Å². The Morgan fingerprint density at radius 2 is 1.11 bits per heavy atom. The molecule has 1 unspecified atom stereocenters. The first kappa shape index (κ1) is 13.8. The average Bonchev–Trinajstić information content (AvgIpc) is 2.40. The summed E-state index contributed by atoms with van der Waals surface area (Å²) >= 11 is 0. The molecule has 0 aliphatic rings. The summed E-state index contributed by atoms with van der Waals surface area (Å²) in [4.78, 5) is 0. The zero-order valence-corrected chi connectivity index (χ0v) is 11.9. The predicted molar refractivity (Wildman–Crippen MR) is 80.4 cm³/mol. The van der Waals surface area contributed by atoms with Gasteiger partial charge in [-0.1, -0.05) is 60.7 Å². The largest absolute Gasteiger partial charge is 0.375 e. The highest BCUT2D eigenvalue weighted by Crippen LogP contribution is 2.30. The van der Waals surface area contributed by atoms with E-state index in [0.29, 0.717) is 0 Å². The molecule has 1 atom stereocenters. The molecule has 2 aromatic rings. The van der Waals surface area contributed by atoms with Gasteiger partial charge in [0.15, 0.2) is 0 Å². The molecule has 2 aromatic carbocycles. The second kappa shape index (κ2) is 6.53. The van der Waals surface area contributed by atoms with Gasteiger partial charge < -0.3 is 4.74 Å². The molecule has 2 rings (SSSR count). The summed E-state index contributed by atoms with van der Waals surface area (Å²) < 4.78 is 6.02. The van der Waals surface area contributed by atoms with Crippen LogP contribution in [0.4, 0.5) is 0 Å². The molecule has 1 nitrogen and oxygen atoms in total. The summed E-state index contributed by atoms with van der Waals surface area (Å²) in [7, 11) is 0. The molecule has 0 radical (unpaired) electrons. The van der Waals surface area contributed by atoms with Gasteiger partial charge in [-0.05, 0) is 31.9 Å². The standard InChI is InChI=1S/C18H22O/c1-14(2)19-15(3)18(16-10-6-4-7-11-16)17-12-8-5-9-13-17/h4-15,18H,1-3H3. The smallest absolute Gasteiger partial charge is 0.0659 e. The summed E-state index contributed by atoms with van der Waals surface area (Å²) in [5.41, 5.74) is 2.61. The average molecular weight is 254 g/mol. The van der Waals surface area contributed by atoms with Crippen molar-refractivity contribution in [2.45, 2.75) is 38.9 Å². The Hall–Kier alpha value is -1.60. The minimum atomic E-state index is 0.157. The van der Waals surface area contributed by atoms with E-state index < -0.39 is 0 Å². The van der Waals surface area contributed by atoms with Crippen molar-refractivity contribution in [1.29, 1.82) is 0 Å². The molecular formula is C18H22O. The number of rotatable bonds is 5. The van der Waals surface area contributed by atoms with Crippen molar-refractivity contribution < 1.29 is 4.74 Å². The van der Waals surface area contributed by atoms with Crippen LogP contribution in [0.2, 0.25) is 0 Å². The molecule has 0 aromatic heterocycles. The normalized spacial score (nSPS) is 12.9. The molecule has 0 saturated heterocycles. The molecule has 0 aliphatic carbocycles. The van der Waals surface area contributed by atoms with E-state index in [4.69, 9.17) is 4.74 Å². The van der Waals surface area contributed by atoms with Gasteiger partial charge in [-0.2, -0.15) is 0 Å². The predicted octanol–water partition coefficient (Wildman–Crippen LogP) is 4.63. The summed E-state index contributed by atoms with van der Waals surface area (Å²) in [6.07, 6.45) is 0.398. The Kier molecular flexibility index (Phi) is 4.75. The molecule has 0 amide bonds. The van der Waals surface area contributed by atoms with Crippen LogP contribution in [0.1, 0.15) is 37.8 Å². The maximum atomic E-state index is 6.02. The second-order valence-corrected chi connectivity index (χ2v) is 5.19. The van der Waals surface area contributed by atoms with Gasteiger partial charge in [-0.3, -0.25) is 0 Å². The summed E-state index contributed by atoms with van der Waals surface area (Å²) in [5, 5.41) is 0. The van der Waals surface area contributed by atoms with Crippen LogP contribution in [0.15, 0.2) is 60.7 Å². The SMILES string of the molecule is CC(C)OC(C)C(c1ccccc1)c1ccccc1. The third kappa shape index (κ3) is 3.68. The fourth-order valence-electron chi connectivity index (χ4n) is 2.56. The maximum Gasteiger partial charge on any atom is 0.0659 e. The van der Waals surface area contributed by atoms with Gasteiger partial charge >= 0.3 is 0 Å². The van der Waals surface area contributed by atoms with E-state index in [9.17, 15) is 0 Å². The topological polar surface area (TPSA) is 9.23 Å². The highest BCUT2D eigenvalue weighted by Gasteiger charge is 2.22. The Balaban J connectivity index is 2.34. The minimum absolute atomic E-state index is 0.157. The molecule has 0 saturated carbocycles. The Labute approximate surface area is 116 Å². The van der Waals surface area contributed by atoms with Crippen LogP contribution >= 0.6 is 0 Å². The number of hydrogen-bond acceptors (Lipinski definition) is 1. The lowest BCUT2D eigenvalue weighted by Crippen LogP contribution is -2.23. The number of ether oxygens (including phenoxy) is 1. The first-order valence-electron chi connectivity index (χ1n) is 6.94. The number of hydrogen-bond donors (Lipinski definition) is 0. The Morgan fingerprint density at radius 3 is 1.47 bits per heavy atom. The summed E-state index contributed by atoms with van der Waals surface area (Å²) in [6.45, 7) is 6.33. The highest BCUT2D eigenvalue weighted by molar-refractivity contribution is 5.33. The molecule has 0 bridgehead atoms. The summed E-state index contributed by atoms with van der Waals surface area (Å²) in [5.74, 6) is 0.282.